The van der Waals surface area contributed by atoms with E-state index < -0.39 is 29.3 Å². The van der Waals surface area contributed by atoms with E-state index in [0.717, 1.165) is 4.90 Å². The van der Waals surface area contributed by atoms with E-state index in [9.17, 15) is 14.4 Å². The molecular formula is C10H16NNaO6. The number of amides is 1. The Labute approximate surface area is 126 Å². The van der Waals surface area contributed by atoms with E-state index in [1.807, 2.05) is 0 Å². The van der Waals surface area contributed by atoms with E-state index in [0.29, 0.717) is 0 Å². The van der Waals surface area contributed by atoms with E-state index in [-0.39, 0.29) is 42.2 Å². The molecule has 1 heterocycles. The molecule has 0 radical (unpaired) electrons. The number of β-lactam (4-membered cyclic amide) rings is 1. The fourth-order valence-electron chi connectivity index (χ4n) is 2.27. The van der Waals surface area contributed by atoms with Gasteiger partial charge in [0.1, 0.15) is 6.73 Å². The van der Waals surface area contributed by atoms with Crippen molar-refractivity contribution in [2.45, 2.75) is 19.4 Å². The number of methoxy groups -OCH3 is 1. The van der Waals surface area contributed by atoms with E-state index in [2.05, 4.69) is 4.74 Å². The Bertz CT molecular complexity index is 355. The van der Waals surface area contributed by atoms with Crippen LogP contribution in [0.15, 0.2) is 0 Å². The van der Waals surface area contributed by atoms with Crippen LogP contribution in [0.4, 0.5) is 0 Å². The first-order valence-corrected chi connectivity index (χ1v) is 5.09. The number of hydrogen-bond acceptors (Lipinski definition) is 4. The van der Waals surface area contributed by atoms with Crippen molar-refractivity contribution in [2.75, 3.05) is 13.8 Å². The van der Waals surface area contributed by atoms with Crippen LogP contribution in [0.2, 0.25) is 0 Å². The first-order valence-electron chi connectivity index (χ1n) is 5.09. The monoisotopic (exact) mass is 269 g/mol. The van der Waals surface area contributed by atoms with Crippen molar-refractivity contribution in [3.8, 4) is 0 Å². The second-order valence-electron chi connectivity index (χ2n) is 4.28. The van der Waals surface area contributed by atoms with Crippen molar-refractivity contribution < 1.29 is 29.3 Å². The average molecular weight is 269 g/mol. The summed E-state index contributed by atoms with van der Waals surface area (Å²) in [6.07, 6.45) is 0. The van der Waals surface area contributed by atoms with Gasteiger partial charge in [0.05, 0.1) is 5.92 Å². The fraction of sp³-hybridized carbons (Fsp3) is 0.700. The second kappa shape index (κ2) is 6.01. The number of carbonyl (C=O) groups excluding carboxylic acids is 1. The Balaban J connectivity index is 0.00000289. The molecule has 0 saturated carbocycles. The Morgan fingerprint density at radius 1 is 1.39 bits per heavy atom. The summed E-state index contributed by atoms with van der Waals surface area (Å²) in [4.78, 5) is 35.0. The summed E-state index contributed by atoms with van der Waals surface area (Å²) in [6, 6.07) is 0. The molecule has 1 aliphatic heterocycles. The van der Waals surface area contributed by atoms with Crippen molar-refractivity contribution in [3.05, 3.63) is 0 Å². The molecule has 1 rings (SSSR count). The third-order valence-corrected chi connectivity index (χ3v) is 2.98. The number of carboxylic acids is 2. The molecule has 8 heteroatoms. The Morgan fingerprint density at radius 3 is 2.11 bits per heavy atom. The molecule has 1 fully saturated rings. The van der Waals surface area contributed by atoms with Crippen molar-refractivity contribution in [3.63, 3.8) is 0 Å². The third kappa shape index (κ3) is 2.16. The maximum atomic E-state index is 11.7. The molecule has 0 bridgehead atoms. The number of nitrogens with zero attached hydrogens (tertiary/aromatic N) is 1. The van der Waals surface area contributed by atoms with Crippen LogP contribution in [-0.4, -0.2) is 81.9 Å². The standard InChI is InChI=1S/C10H15NO6.Na.H/c1-5(2)6-7(12)11(4-17-3)10(6,8(13)14)9(15)16;;/h5-6H,4H2,1-3H3,(H,13,14)(H,15,16);;. The van der Waals surface area contributed by atoms with Crippen LogP contribution < -0.4 is 0 Å². The predicted molar refractivity (Wildman–Crippen MR) is 62.2 cm³/mol. The molecule has 1 atom stereocenters. The molecular weight excluding hydrogens is 253 g/mol. The molecule has 0 aromatic carbocycles. The third-order valence-electron chi connectivity index (χ3n) is 2.98. The molecule has 1 amide bonds. The number of hydrogen-bond donors (Lipinski definition) is 2. The van der Waals surface area contributed by atoms with Crippen molar-refractivity contribution >= 4 is 47.4 Å². The normalized spacial score (nSPS) is 21.2. The molecule has 98 valence electrons. The fourth-order valence-corrected chi connectivity index (χ4v) is 2.27. The van der Waals surface area contributed by atoms with Gasteiger partial charge in [0.2, 0.25) is 5.91 Å². The minimum absolute atomic E-state index is 0. The van der Waals surface area contributed by atoms with Crippen LogP contribution in [0.5, 0.6) is 0 Å². The zero-order valence-corrected chi connectivity index (χ0v) is 9.84. The summed E-state index contributed by atoms with van der Waals surface area (Å²) in [7, 11) is 1.27. The molecule has 0 aromatic rings. The molecule has 1 saturated heterocycles. The zero-order chi connectivity index (χ0) is 13.4. The van der Waals surface area contributed by atoms with Gasteiger partial charge in [-0.3, -0.25) is 9.69 Å². The van der Waals surface area contributed by atoms with E-state index in [1.54, 1.807) is 13.8 Å². The number of carbonyl (C=O) groups is 3. The first kappa shape index (κ1) is 17.4. The zero-order valence-electron chi connectivity index (χ0n) is 9.84. The number of carboxylic acid groups (broad SMARTS) is 2. The maximum absolute atomic E-state index is 11.7. The number of aliphatic carboxylic acids is 2. The average Bonchev–Trinajstić information content (AvgIpc) is 2.19. The second-order valence-corrected chi connectivity index (χ2v) is 4.28. The first-order chi connectivity index (χ1) is 7.81. The molecule has 7 nitrogen and oxygen atoms in total. The minimum atomic E-state index is -2.21. The quantitative estimate of drug-likeness (QED) is 0.375. The topological polar surface area (TPSA) is 104 Å². The van der Waals surface area contributed by atoms with Gasteiger partial charge in [0, 0.05) is 7.11 Å². The van der Waals surface area contributed by atoms with Crippen LogP contribution in [0.3, 0.4) is 0 Å². The molecule has 1 unspecified atom stereocenters. The van der Waals surface area contributed by atoms with Crippen molar-refractivity contribution in [1.82, 2.24) is 4.90 Å². The van der Waals surface area contributed by atoms with Gasteiger partial charge in [0.15, 0.2) is 0 Å². The van der Waals surface area contributed by atoms with Crippen LogP contribution in [0, 0.1) is 11.8 Å². The van der Waals surface area contributed by atoms with Gasteiger partial charge >= 0.3 is 41.5 Å². The van der Waals surface area contributed by atoms with Gasteiger partial charge in [-0.2, -0.15) is 0 Å². The van der Waals surface area contributed by atoms with E-state index in [1.165, 1.54) is 7.11 Å². The van der Waals surface area contributed by atoms with Gasteiger partial charge in [-0.15, -0.1) is 0 Å². The van der Waals surface area contributed by atoms with Gasteiger partial charge in [-0.05, 0) is 5.92 Å². The predicted octanol–water partition coefficient (Wildman–Crippen LogP) is -1.04. The summed E-state index contributed by atoms with van der Waals surface area (Å²) in [6.45, 7) is 2.89. The Kier molecular flexibility index (Phi) is 5.80. The van der Waals surface area contributed by atoms with Crippen molar-refractivity contribution in [2.24, 2.45) is 11.8 Å². The number of ether oxygens (including phenoxy) is 1. The van der Waals surface area contributed by atoms with Crippen LogP contribution >= 0.6 is 0 Å². The van der Waals surface area contributed by atoms with Gasteiger partial charge in [-0.1, -0.05) is 13.8 Å². The van der Waals surface area contributed by atoms with Crippen LogP contribution in [0.25, 0.3) is 0 Å². The number of rotatable bonds is 5. The molecule has 0 spiro atoms. The van der Waals surface area contributed by atoms with Crippen LogP contribution in [0.1, 0.15) is 13.8 Å². The molecule has 0 aliphatic carbocycles. The summed E-state index contributed by atoms with van der Waals surface area (Å²) < 4.78 is 4.68. The summed E-state index contributed by atoms with van der Waals surface area (Å²) >= 11 is 0. The molecule has 2 N–H and O–H groups in total. The number of likely N-dealkylation sites (tertiary alicyclic amines) is 1. The summed E-state index contributed by atoms with van der Waals surface area (Å²) in [5.41, 5.74) is -2.21. The van der Waals surface area contributed by atoms with E-state index >= 15 is 0 Å². The Hall–Kier alpha value is -0.630. The Morgan fingerprint density at radius 2 is 1.83 bits per heavy atom. The van der Waals surface area contributed by atoms with Crippen LogP contribution in [-0.2, 0) is 19.1 Å². The summed E-state index contributed by atoms with van der Waals surface area (Å²) in [5, 5.41) is 18.3. The molecule has 0 aromatic heterocycles. The van der Waals surface area contributed by atoms with Gasteiger partial charge in [0.25, 0.3) is 5.54 Å². The van der Waals surface area contributed by atoms with E-state index in [4.69, 9.17) is 10.2 Å². The van der Waals surface area contributed by atoms with Gasteiger partial charge in [-0.25, -0.2) is 9.59 Å². The summed E-state index contributed by atoms with van der Waals surface area (Å²) in [5.74, 6) is -5.03. The molecule has 1 aliphatic rings. The van der Waals surface area contributed by atoms with Crippen molar-refractivity contribution in [1.29, 1.82) is 0 Å². The van der Waals surface area contributed by atoms with Gasteiger partial charge < -0.3 is 14.9 Å². The molecule has 18 heavy (non-hydrogen) atoms. The SMILES string of the molecule is COCN1C(=O)C(C(C)C)C1(C(=O)O)C(=O)O.[NaH].